The van der Waals surface area contributed by atoms with Gasteiger partial charge in [-0.1, -0.05) is 32.9 Å². The van der Waals surface area contributed by atoms with Crippen LogP contribution >= 0.6 is 0 Å². The maximum atomic E-state index is 12.1. The standard InChI is InChI=1S/C15H23F2NO/c1-11(18-9-8-15(2,3)4)12-6-5-7-13(10-12)19-14(16)17/h5-7,10-11,14,18H,8-9H2,1-4H3. The smallest absolute Gasteiger partial charge is 0.387 e. The summed E-state index contributed by atoms with van der Waals surface area (Å²) in [5.41, 5.74) is 1.24. The number of alkyl halides is 2. The van der Waals surface area contributed by atoms with E-state index in [-0.39, 0.29) is 17.2 Å². The zero-order valence-corrected chi connectivity index (χ0v) is 12.0. The lowest BCUT2D eigenvalue weighted by Gasteiger charge is -2.21. The molecule has 108 valence electrons. The van der Waals surface area contributed by atoms with Crippen LogP contribution in [0.4, 0.5) is 8.78 Å². The van der Waals surface area contributed by atoms with Crippen molar-refractivity contribution in [2.45, 2.75) is 46.8 Å². The lowest BCUT2D eigenvalue weighted by Crippen LogP contribution is -2.23. The third-order valence-electron chi connectivity index (χ3n) is 2.91. The van der Waals surface area contributed by atoms with Gasteiger partial charge in [0.2, 0.25) is 0 Å². The van der Waals surface area contributed by atoms with Crippen LogP contribution in [0.25, 0.3) is 0 Å². The molecule has 0 saturated carbocycles. The van der Waals surface area contributed by atoms with Gasteiger partial charge in [-0.3, -0.25) is 0 Å². The van der Waals surface area contributed by atoms with E-state index in [9.17, 15) is 8.78 Å². The molecular weight excluding hydrogens is 248 g/mol. The number of benzene rings is 1. The molecule has 0 aromatic heterocycles. The van der Waals surface area contributed by atoms with Gasteiger partial charge in [0.1, 0.15) is 5.75 Å². The fraction of sp³-hybridized carbons (Fsp3) is 0.600. The largest absolute Gasteiger partial charge is 0.435 e. The molecule has 0 amide bonds. The highest BCUT2D eigenvalue weighted by Gasteiger charge is 2.12. The van der Waals surface area contributed by atoms with E-state index >= 15 is 0 Å². The fourth-order valence-electron chi connectivity index (χ4n) is 1.74. The highest BCUT2D eigenvalue weighted by atomic mass is 19.3. The summed E-state index contributed by atoms with van der Waals surface area (Å²) in [6.45, 7) is 6.71. The first-order chi connectivity index (χ1) is 8.78. The van der Waals surface area contributed by atoms with Crippen LogP contribution in [0.1, 0.15) is 45.7 Å². The maximum Gasteiger partial charge on any atom is 0.387 e. The van der Waals surface area contributed by atoms with Crippen LogP contribution < -0.4 is 10.1 Å². The van der Waals surface area contributed by atoms with Crippen molar-refractivity contribution in [2.75, 3.05) is 6.54 Å². The first kappa shape index (κ1) is 15.9. The van der Waals surface area contributed by atoms with Crippen LogP contribution in [0.2, 0.25) is 0 Å². The number of hydrogen-bond donors (Lipinski definition) is 1. The zero-order valence-electron chi connectivity index (χ0n) is 12.0. The molecule has 0 heterocycles. The van der Waals surface area contributed by atoms with Crippen molar-refractivity contribution in [3.63, 3.8) is 0 Å². The number of hydrogen-bond acceptors (Lipinski definition) is 2. The van der Waals surface area contributed by atoms with Gasteiger partial charge in [-0.15, -0.1) is 0 Å². The first-order valence-corrected chi connectivity index (χ1v) is 6.56. The van der Waals surface area contributed by atoms with Crippen LogP contribution in [-0.4, -0.2) is 13.2 Å². The van der Waals surface area contributed by atoms with Gasteiger partial charge in [-0.25, -0.2) is 0 Å². The van der Waals surface area contributed by atoms with Crippen molar-refractivity contribution in [1.29, 1.82) is 0 Å². The molecule has 0 aliphatic rings. The van der Waals surface area contributed by atoms with Crippen LogP contribution in [-0.2, 0) is 0 Å². The molecule has 1 unspecified atom stereocenters. The molecular formula is C15H23F2NO. The summed E-state index contributed by atoms with van der Waals surface area (Å²) in [5.74, 6) is 0.206. The maximum absolute atomic E-state index is 12.1. The molecule has 0 spiro atoms. The lowest BCUT2D eigenvalue weighted by molar-refractivity contribution is -0.0499. The summed E-state index contributed by atoms with van der Waals surface area (Å²) in [6, 6.07) is 6.95. The minimum Gasteiger partial charge on any atom is -0.435 e. The van der Waals surface area contributed by atoms with Gasteiger partial charge >= 0.3 is 6.61 Å². The van der Waals surface area contributed by atoms with Crippen molar-refractivity contribution in [3.8, 4) is 5.75 Å². The van der Waals surface area contributed by atoms with Crippen LogP contribution in [0.15, 0.2) is 24.3 Å². The summed E-state index contributed by atoms with van der Waals surface area (Å²) in [4.78, 5) is 0. The number of rotatable bonds is 6. The molecule has 1 rings (SSSR count). The summed E-state index contributed by atoms with van der Waals surface area (Å²) in [7, 11) is 0. The third kappa shape index (κ3) is 6.53. The Hall–Kier alpha value is -1.16. The Kier molecular flexibility index (Phi) is 5.73. The zero-order chi connectivity index (χ0) is 14.5. The number of ether oxygens (including phenoxy) is 1. The second-order valence-corrected chi connectivity index (χ2v) is 5.94. The quantitative estimate of drug-likeness (QED) is 0.829. The van der Waals surface area contributed by atoms with Gasteiger partial charge in [0.15, 0.2) is 0 Å². The summed E-state index contributed by atoms with van der Waals surface area (Å²) >= 11 is 0. The molecule has 0 aliphatic carbocycles. The topological polar surface area (TPSA) is 21.3 Å². The van der Waals surface area contributed by atoms with E-state index in [1.807, 2.05) is 13.0 Å². The van der Waals surface area contributed by atoms with E-state index in [1.54, 1.807) is 12.1 Å². The Morgan fingerprint density at radius 3 is 2.53 bits per heavy atom. The van der Waals surface area contributed by atoms with Gasteiger partial charge in [-0.2, -0.15) is 8.78 Å². The first-order valence-electron chi connectivity index (χ1n) is 6.56. The second-order valence-electron chi connectivity index (χ2n) is 5.94. The van der Waals surface area contributed by atoms with E-state index in [2.05, 4.69) is 30.8 Å². The molecule has 0 fully saturated rings. The fourth-order valence-corrected chi connectivity index (χ4v) is 1.74. The SMILES string of the molecule is CC(NCCC(C)(C)C)c1cccc(OC(F)F)c1. The van der Waals surface area contributed by atoms with E-state index in [1.165, 1.54) is 6.07 Å². The second kappa shape index (κ2) is 6.85. The average molecular weight is 271 g/mol. The van der Waals surface area contributed by atoms with Crippen molar-refractivity contribution in [2.24, 2.45) is 5.41 Å². The van der Waals surface area contributed by atoms with Crippen molar-refractivity contribution < 1.29 is 13.5 Å². The minimum absolute atomic E-state index is 0.114. The van der Waals surface area contributed by atoms with Gasteiger partial charge in [0.25, 0.3) is 0 Å². The normalized spacial score (nSPS) is 13.6. The van der Waals surface area contributed by atoms with Crippen molar-refractivity contribution in [3.05, 3.63) is 29.8 Å². The van der Waals surface area contributed by atoms with Crippen molar-refractivity contribution in [1.82, 2.24) is 5.32 Å². The molecule has 1 atom stereocenters. The molecule has 1 N–H and O–H groups in total. The highest BCUT2D eigenvalue weighted by Crippen LogP contribution is 2.22. The van der Waals surface area contributed by atoms with Crippen LogP contribution in [0.5, 0.6) is 5.75 Å². The molecule has 1 aromatic rings. The monoisotopic (exact) mass is 271 g/mol. The van der Waals surface area contributed by atoms with Gasteiger partial charge in [-0.05, 0) is 43.0 Å². The number of nitrogens with one attached hydrogen (secondary N) is 1. The minimum atomic E-state index is -2.78. The van der Waals surface area contributed by atoms with E-state index < -0.39 is 6.61 Å². The van der Waals surface area contributed by atoms with Crippen molar-refractivity contribution >= 4 is 0 Å². The summed E-state index contributed by atoms with van der Waals surface area (Å²) < 4.78 is 28.7. The Morgan fingerprint density at radius 2 is 1.95 bits per heavy atom. The Labute approximate surface area is 114 Å². The molecule has 0 bridgehead atoms. The van der Waals surface area contributed by atoms with E-state index in [0.29, 0.717) is 0 Å². The molecule has 0 saturated heterocycles. The van der Waals surface area contributed by atoms with Crippen LogP contribution in [0.3, 0.4) is 0 Å². The number of halogens is 2. The van der Waals surface area contributed by atoms with Gasteiger partial charge in [0.05, 0.1) is 0 Å². The highest BCUT2D eigenvalue weighted by molar-refractivity contribution is 5.30. The summed E-state index contributed by atoms with van der Waals surface area (Å²) in [5, 5.41) is 3.39. The molecule has 0 radical (unpaired) electrons. The Balaban J connectivity index is 2.54. The summed E-state index contributed by atoms with van der Waals surface area (Å²) in [6.07, 6.45) is 1.06. The molecule has 2 nitrogen and oxygen atoms in total. The van der Waals surface area contributed by atoms with Crippen LogP contribution in [0, 0.1) is 5.41 Å². The molecule has 1 aromatic carbocycles. The van der Waals surface area contributed by atoms with Gasteiger partial charge < -0.3 is 10.1 Å². The average Bonchev–Trinajstić information content (AvgIpc) is 2.26. The molecule has 19 heavy (non-hydrogen) atoms. The Bertz CT molecular complexity index is 388. The predicted molar refractivity (Wildman–Crippen MR) is 73.6 cm³/mol. The Morgan fingerprint density at radius 1 is 1.26 bits per heavy atom. The van der Waals surface area contributed by atoms with Gasteiger partial charge in [0, 0.05) is 6.04 Å². The molecule has 0 aliphatic heterocycles. The predicted octanol–water partition coefficient (Wildman–Crippen LogP) is 4.37. The lowest BCUT2D eigenvalue weighted by atomic mass is 9.92. The third-order valence-corrected chi connectivity index (χ3v) is 2.91. The van der Waals surface area contributed by atoms with E-state index in [0.717, 1.165) is 18.5 Å². The molecule has 4 heteroatoms. The van der Waals surface area contributed by atoms with E-state index in [4.69, 9.17) is 0 Å².